The molecule has 0 spiro atoms. The van der Waals surface area contributed by atoms with Crippen LogP contribution in [0, 0.1) is 6.92 Å². The number of aromatic nitrogens is 1. The van der Waals surface area contributed by atoms with Crippen molar-refractivity contribution in [2.45, 2.75) is 19.9 Å². The van der Waals surface area contributed by atoms with E-state index in [1.165, 1.54) is 11.4 Å². The van der Waals surface area contributed by atoms with Gasteiger partial charge in [-0.2, -0.15) is 4.31 Å². The molecule has 0 saturated heterocycles. The summed E-state index contributed by atoms with van der Waals surface area (Å²) in [5.41, 5.74) is 2.31. The predicted molar refractivity (Wildman–Crippen MR) is 100 cm³/mol. The summed E-state index contributed by atoms with van der Waals surface area (Å²) in [6.45, 7) is 2.16. The highest BCUT2D eigenvalue weighted by Crippen LogP contribution is 2.25. The Kier molecular flexibility index (Phi) is 6.70. The zero-order chi connectivity index (χ0) is 19.2. The van der Waals surface area contributed by atoms with Crippen LogP contribution >= 0.6 is 0 Å². The molecule has 1 amide bonds. The number of aryl methyl sites for hydroxylation is 1. The van der Waals surface area contributed by atoms with Crippen LogP contribution in [0.25, 0.3) is 0 Å². The number of sulfonamides is 1. The van der Waals surface area contributed by atoms with E-state index in [2.05, 4.69) is 10.3 Å². The minimum absolute atomic E-state index is 0.0322. The van der Waals surface area contributed by atoms with Crippen LogP contribution in [-0.4, -0.2) is 43.5 Å². The molecule has 7 nitrogen and oxygen atoms in total. The van der Waals surface area contributed by atoms with Crippen molar-refractivity contribution >= 4 is 21.6 Å². The van der Waals surface area contributed by atoms with Crippen LogP contribution in [0.5, 0.6) is 5.75 Å². The molecule has 0 atom stereocenters. The summed E-state index contributed by atoms with van der Waals surface area (Å²) in [6.07, 6.45) is 4.39. The highest BCUT2D eigenvalue weighted by atomic mass is 32.2. The van der Waals surface area contributed by atoms with Crippen LogP contribution < -0.4 is 10.1 Å². The Morgan fingerprint density at radius 1 is 1.31 bits per heavy atom. The van der Waals surface area contributed by atoms with Crippen LogP contribution in [0.1, 0.15) is 17.5 Å². The van der Waals surface area contributed by atoms with E-state index in [-0.39, 0.29) is 25.4 Å². The van der Waals surface area contributed by atoms with E-state index in [1.807, 2.05) is 13.0 Å². The summed E-state index contributed by atoms with van der Waals surface area (Å²) in [4.78, 5) is 16.3. The van der Waals surface area contributed by atoms with Crippen molar-refractivity contribution in [1.29, 1.82) is 0 Å². The van der Waals surface area contributed by atoms with Gasteiger partial charge in [0.25, 0.3) is 0 Å². The van der Waals surface area contributed by atoms with Crippen LogP contribution in [0.2, 0.25) is 0 Å². The Morgan fingerprint density at radius 2 is 2.08 bits per heavy atom. The number of rotatable bonds is 8. The van der Waals surface area contributed by atoms with E-state index in [0.29, 0.717) is 11.4 Å². The van der Waals surface area contributed by atoms with Crippen molar-refractivity contribution in [2.75, 3.05) is 25.2 Å². The molecule has 2 aromatic rings. The molecule has 140 valence electrons. The second-order valence-corrected chi connectivity index (χ2v) is 7.94. The third kappa shape index (κ3) is 5.82. The minimum Gasteiger partial charge on any atom is -0.495 e. The number of benzene rings is 1. The monoisotopic (exact) mass is 377 g/mol. The number of nitrogens with one attached hydrogen (secondary N) is 1. The highest BCUT2D eigenvalue weighted by molar-refractivity contribution is 7.88. The van der Waals surface area contributed by atoms with Gasteiger partial charge in [0, 0.05) is 31.9 Å². The smallest absolute Gasteiger partial charge is 0.225 e. The zero-order valence-corrected chi connectivity index (χ0v) is 15.9. The molecule has 0 radical (unpaired) electrons. The van der Waals surface area contributed by atoms with Crippen molar-refractivity contribution < 1.29 is 17.9 Å². The minimum atomic E-state index is -3.45. The Hall–Kier alpha value is -2.45. The number of carbonyl (C=O) groups is 1. The molecule has 1 aromatic heterocycles. The lowest BCUT2D eigenvalue weighted by molar-refractivity contribution is -0.116. The first-order valence-electron chi connectivity index (χ1n) is 8.08. The third-order valence-electron chi connectivity index (χ3n) is 3.77. The summed E-state index contributed by atoms with van der Waals surface area (Å²) in [7, 11) is -1.92. The lowest BCUT2D eigenvalue weighted by Gasteiger charge is -2.20. The molecule has 0 fully saturated rings. The molecule has 0 aliphatic carbocycles. The highest BCUT2D eigenvalue weighted by Gasteiger charge is 2.19. The predicted octanol–water partition coefficient (Wildman–Crippen LogP) is 2.19. The fourth-order valence-corrected chi connectivity index (χ4v) is 3.22. The zero-order valence-electron chi connectivity index (χ0n) is 15.1. The van der Waals surface area contributed by atoms with Crippen LogP contribution in [0.3, 0.4) is 0 Å². The molecule has 1 heterocycles. The summed E-state index contributed by atoms with van der Waals surface area (Å²) in [6, 6.07) is 9.00. The van der Waals surface area contributed by atoms with E-state index in [0.717, 1.165) is 17.4 Å². The first-order valence-corrected chi connectivity index (χ1v) is 9.93. The SMILES string of the molecule is COc1ccc(C)cc1NC(=O)CCN(Cc1cccnc1)S(C)(=O)=O. The lowest BCUT2D eigenvalue weighted by atomic mass is 10.2. The largest absolute Gasteiger partial charge is 0.495 e. The second-order valence-electron chi connectivity index (χ2n) is 5.96. The van der Waals surface area contributed by atoms with Gasteiger partial charge in [0.05, 0.1) is 19.1 Å². The van der Waals surface area contributed by atoms with Crippen molar-refractivity contribution in [2.24, 2.45) is 0 Å². The quantitative estimate of drug-likeness (QED) is 0.762. The molecule has 0 saturated carbocycles. The first kappa shape index (κ1) is 19.9. The Bertz CT molecular complexity index is 854. The molecule has 0 unspecified atom stereocenters. The van der Waals surface area contributed by atoms with Crippen LogP contribution in [0.15, 0.2) is 42.7 Å². The maximum atomic E-state index is 12.3. The fourth-order valence-electron chi connectivity index (χ4n) is 2.42. The molecule has 2 rings (SSSR count). The number of hydrogen-bond donors (Lipinski definition) is 1. The van der Waals surface area contributed by atoms with E-state index in [9.17, 15) is 13.2 Å². The van der Waals surface area contributed by atoms with Crippen LogP contribution in [0.4, 0.5) is 5.69 Å². The molecule has 0 aliphatic rings. The maximum absolute atomic E-state index is 12.3. The Labute approximate surface area is 154 Å². The van der Waals surface area contributed by atoms with Gasteiger partial charge in [0.2, 0.25) is 15.9 Å². The summed E-state index contributed by atoms with van der Waals surface area (Å²) in [5, 5.41) is 2.78. The van der Waals surface area contributed by atoms with Gasteiger partial charge in [-0.05, 0) is 36.2 Å². The third-order valence-corrected chi connectivity index (χ3v) is 5.02. The van der Waals surface area contributed by atoms with Gasteiger partial charge in [0.1, 0.15) is 5.75 Å². The number of ether oxygens (including phenoxy) is 1. The van der Waals surface area contributed by atoms with E-state index < -0.39 is 10.0 Å². The Morgan fingerprint density at radius 3 is 2.69 bits per heavy atom. The second kappa shape index (κ2) is 8.77. The number of pyridine rings is 1. The molecule has 0 bridgehead atoms. The van der Waals surface area contributed by atoms with Gasteiger partial charge in [-0.25, -0.2) is 8.42 Å². The number of methoxy groups -OCH3 is 1. The molecule has 1 N–H and O–H groups in total. The van der Waals surface area contributed by atoms with Crippen LogP contribution in [-0.2, 0) is 21.4 Å². The Balaban J connectivity index is 2.02. The molecular weight excluding hydrogens is 354 g/mol. The maximum Gasteiger partial charge on any atom is 0.225 e. The van der Waals surface area contributed by atoms with Gasteiger partial charge < -0.3 is 10.1 Å². The molecular formula is C18H23N3O4S. The van der Waals surface area contributed by atoms with E-state index >= 15 is 0 Å². The lowest BCUT2D eigenvalue weighted by Crippen LogP contribution is -2.32. The molecule has 26 heavy (non-hydrogen) atoms. The normalized spacial score (nSPS) is 11.4. The van der Waals surface area contributed by atoms with Crippen molar-refractivity contribution in [3.63, 3.8) is 0 Å². The van der Waals surface area contributed by atoms with E-state index in [1.54, 1.807) is 36.7 Å². The van der Waals surface area contributed by atoms with Gasteiger partial charge in [-0.15, -0.1) is 0 Å². The average molecular weight is 377 g/mol. The first-order chi connectivity index (χ1) is 12.3. The van der Waals surface area contributed by atoms with Crippen molar-refractivity contribution in [1.82, 2.24) is 9.29 Å². The van der Waals surface area contributed by atoms with Crippen molar-refractivity contribution in [3.05, 3.63) is 53.9 Å². The number of carbonyl (C=O) groups excluding carboxylic acids is 1. The summed E-state index contributed by atoms with van der Waals surface area (Å²) in [5.74, 6) is 0.271. The van der Waals surface area contributed by atoms with Gasteiger partial charge in [0.15, 0.2) is 0 Å². The summed E-state index contributed by atoms with van der Waals surface area (Å²) >= 11 is 0. The van der Waals surface area contributed by atoms with Gasteiger partial charge in [-0.1, -0.05) is 12.1 Å². The van der Waals surface area contributed by atoms with Crippen molar-refractivity contribution in [3.8, 4) is 5.75 Å². The van der Waals surface area contributed by atoms with Gasteiger partial charge >= 0.3 is 0 Å². The molecule has 1 aromatic carbocycles. The standard InChI is InChI=1S/C18H23N3O4S/c1-14-6-7-17(25-2)16(11-14)20-18(22)8-10-21(26(3,23)24)13-15-5-4-9-19-12-15/h4-7,9,11-12H,8,10,13H2,1-3H3,(H,20,22). The molecule has 0 aliphatic heterocycles. The van der Waals surface area contributed by atoms with E-state index in [4.69, 9.17) is 4.74 Å². The van der Waals surface area contributed by atoms with Gasteiger partial charge in [-0.3, -0.25) is 9.78 Å². The average Bonchev–Trinajstić information content (AvgIpc) is 2.58. The number of nitrogens with zero attached hydrogens (tertiary/aromatic N) is 2. The number of hydrogen-bond acceptors (Lipinski definition) is 5. The topological polar surface area (TPSA) is 88.6 Å². The molecule has 8 heteroatoms. The number of amides is 1. The number of anilines is 1. The summed E-state index contributed by atoms with van der Waals surface area (Å²) < 4.78 is 30.5. The fraction of sp³-hybridized carbons (Fsp3) is 0.333.